The Balaban J connectivity index is 2.14. The molecule has 0 aromatic rings. The first-order valence-electron chi connectivity index (χ1n) is 5.10. The molecule has 2 heteroatoms. The number of rotatable bonds is 6. The van der Waals surface area contributed by atoms with Gasteiger partial charge in [-0.05, 0) is 37.6 Å². The summed E-state index contributed by atoms with van der Waals surface area (Å²) in [4.78, 5) is 0. The van der Waals surface area contributed by atoms with Crippen molar-refractivity contribution in [1.82, 2.24) is 5.32 Å². The Kier molecular flexibility index (Phi) is 4.02. The summed E-state index contributed by atoms with van der Waals surface area (Å²) >= 11 is 0. The molecule has 72 valence electrons. The average Bonchev–Trinajstić information content (AvgIpc) is 2.80. The Morgan fingerprint density at radius 3 is 2.50 bits per heavy atom. The van der Waals surface area contributed by atoms with Gasteiger partial charge in [-0.1, -0.05) is 13.8 Å². The van der Waals surface area contributed by atoms with Gasteiger partial charge in [-0.3, -0.25) is 0 Å². The topological polar surface area (TPSA) is 32.3 Å². The maximum Gasteiger partial charge on any atom is 0.0443 e. The lowest BCUT2D eigenvalue weighted by atomic mass is 9.99. The smallest absolute Gasteiger partial charge is 0.0443 e. The number of nitrogens with one attached hydrogen (secondary N) is 1. The van der Waals surface area contributed by atoms with Gasteiger partial charge in [-0.2, -0.15) is 0 Å². The molecule has 0 aromatic heterocycles. The van der Waals surface area contributed by atoms with Crippen LogP contribution in [0.5, 0.6) is 0 Å². The first-order chi connectivity index (χ1) is 5.75. The first-order valence-corrected chi connectivity index (χ1v) is 5.10. The zero-order valence-electron chi connectivity index (χ0n) is 8.21. The van der Waals surface area contributed by atoms with Crippen molar-refractivity contribution in [2.24, 2.45) is 11.8 Å². The van der Waals surface area contributed by atoms with Gasteiger partial charge in [-0.15, -0.1) is 0 Å². The minimum absolute atomic E-state index is 0.308. The Labute approximate surface area is 75.4 Å². The lowest BCUT2D eigenvalue weighted by Crippen LogP contribution is -2.36. The van der Waals surface area contributed by atoms with Crippen LogP contribution in [0.15, 0.2) is 0 Å². The van der Waals surface area contributed by atoms with Crippen LogP contribution in [0.3, 0.4) is 0 Å². The van der Waals surface area contributed by atoms with E-state index in [1.165, 1.54) is 12.8 Å². The van der Waals surface area contributed by atoms with E-state index in [4.69, 9.17) is 5.11 Å². The second kappa shape index (κ2) is 4.83. The summed E-state index contributed by atoms with van der Waals surface area (Å²) in [6, 6.07) is 0.691. The van der Waals surface area contributed by atoms with E-state index in [1.807, 2.05) is 0 Å². The fourth-order valence-corrected chi connectivity index (χ4v) is 1.75. The minimum Gasteiger partial charge on any atom is -0.396 e. The van der Waals surface area contributed by atoms with Crippen molar-refractivity contribution < 1.29 is 5.11 Å². The van der Waals surface area contributed by atoms with Crippen LogP contribution in [0, 0.1) is 11.8 Å². The van der Waals surface area contributed by atoms with Crippen LogP contribution in [-0.4, -0.2) is 24.3 Å². The van der Waals surface area contributed by atoms with Crippen molar-refractivity contribution in [3.8, 4) is 0 Å². The van der Waals surface area contributed by atoms with E-state index in [1.54, 1.807) is 0 Å². The predicted octanol–water partition coefficient (Wildman–Crippen LogP) is 1.39. The highest BCUT2D eigenvalue weighted by atomic mass is 16.3. The minimum atomic E-state index is 0.308. The molecule has 0 aromatic carbocycles. The highest BCUT2D eigenvalue weighted by Gasteiger charge is 2.32. The summed E-state index contributed by atoms with van der Waals surface area (Å²) in [5.74, 6) is 1.65. The molecule has 0 radical (unpaired) electrons. The third-order valence-corrected chi connectivity index (χ3v) is 2.56. The maximum absolute atomic E-state index is 8.63. The van der Waals surface area contributed by atoms with Gasteiger partial charge in [0.15, 0.2) is 0 Å². The van der Waals surface area contributed by atoms with E-state index < -0.39 is 0 Å². The van der Waals surface area contributed by atoms with Gasteiger partial charge in [0.2, 0.25) is 0 Å². The fourth-order valence-electron chi connectivity index (χ4n) is 1.75. The van der Waals surface area contributed by atoms with Gasteiger partial charge in [0, 0.05) is 12.6 Å². The van der Waals surface area contributed by atoms with Gasteiger partial charge in [0.1, 0.15) is 0 Å². The van der Waals surface area contributed by atoms with E-state index in [9.17, 15) is 0 Å². The molecular weight excluding hydrogens is 150 g/mol. The van der Waals surface area contributed by atoms with Crippen LogP contribution in [0.2, 0.25) is 0 Å². The summed E-state index contributed by atoms with van der Waals surface area (Å²) in [6.07, 6.45) is 3.68. The van der Waals surface area contributed by atoms with Crippen LogP contribution in [-0.2, 0) is 0 Å². The number of hydrogen-bond donors (Lipinski definition) is 2. The first kappa shape index (κ1) is 10.0. The average molecular weight is 171 g/mol. The molecule has 1 atom stereocenters. The molecule has 0 aliphatic heterocycles. The molecule has 0 heterocycles. The maximum atomic E-state index is 8.63. The van der Waals surface area contributed by atoms with Crippen molar-refractivity contribution in [2.45, 2.75) is 39.2 Å². The third-order valence-electron chi connectivity index (χ3n) is 2.56. The van der Waals surface area contributed by atoms with Gasteiger partial charge in [-0.25, -0.2) is 0 Å². The van der Waals surface area contributed by atoms with Crippen LogP contribution < -0.4 is 5.32 Å². The van der Waals surface area contributed by atoms with Gasteiger partial charge in [0.05, 0.1) is 0 Å². The normalized spacial score (nSPS) is 20.0. The van der Waals surface area contributed by atoms with Crippen molar-refractivity contribution >= 4 is 0 Å². The molecule has 0 bridgehead atoms. The fraction of sp³-hybridized carbons (Fsp3) is 1.00. The molecule has 0 saturated heterocycles. The summed E-state index contributed by atoms with van der Waals surface area (Å²) in [6.45, 7) is 5.82. The lowest BCUT2D eigenvalue weighted by molar-refractivity contribution is 0.274. The summed E-state index contributed by atoms with van der Waals surface area (Å²) in [7, 11) is 0. The molecule has 1 unspecified atom stereocenters. The molecule has 2 nitrogen and oxygen atoms in total. The quantitative estimate of drug-likeness (QED) is 0.592. The molecule has 0 spiro atoms. The second-order valence-corrected chi connectivity index (χ2v) is 4.14. The molecule has 1 aliphatic carbocycles. The lowest BCUT2D eigenvalue weighted by Gasteiger charge is -2.21. The standard InChI is InChI=1S/C10H21NO/c1-8(2)10(9-4-5-9)11-6-3-7-12/h8-12H,3-7H2,1-2H3. The van der Waals surface area contributed by atoms with Crippen LogP contribution in [0.4, 0.5) is 0 Å². The Hall–Kier alpha value is -0.0800. The van der Waals surface area contributed by atoms with Gasteiger partial charge in [0.25, 0.3) is 0 Å². The SMILES string of the molecule is CC(C)C(NCCCO)C1CC1. The van der Waals surface area contributed by atoms with E-state index in [2.05, 4.69) is 19.2 Å². The van der Waals surface area contributed by atoms with E-state index in [-0.39, 0.29) is 0 Å². The Bertz CT molecular complexity index is 119. The van der Waals surface area contributed by atoms with Gasteiger partial charge >= 0.3 is 0 Å². The zero-order valence-corrected chi connectivity index (χ0v) is 8.21. The monoisotopic (exact) mass is 171 g/mol. The van der Waals surface area contributed by atoms with Crippen LogP contribution in [0.25, 0.3) is 0 Å². The second-order valence-electron chi connectivity index (χ2n) is 4.14. The summed E-state index contributed by atoms with van der Waals surface area (Å²) in [5.41, 5.74) is 0. The zero-order chi connectivity index (χ0) is 8.97. The molecule has 1 rings (SSSR count). The largest absolute Gasteiger partial charge is 0.396 e. The Morgan fingerprint density at radius 1 is 1.42 bits per heavy atom. The number of hydrogen-bond acceptors (Lipinski definition) is 2. The highest BCUT2D eigenvalue weighted by Crippen LogP contribution is 2.35. The number of aliphatic hydroxyl groups is 1. The Morgan fingerprint density at radius 2 is 2.08 bits per heavy atom. The summed E-state index contributed by atoms with van der Waals surface area (Å²) < 4.78 is 0. The van der Waals surface area contributed by atoms with E-state index in [0.717, 1.165) is 24.8 Å². The summed E-state index contributed by atoms with van der Waals surface area (Å²) in [5, 5.41) is 12.2. The molecule has 1 saturated carbocycles. The molecule has 2 N–H and O–H groups in total. The van der Waals surface area contributed by atoms with Crippen molar-refractivity contribution in [2.75, 3.05) is 13.2 Å². The van der Waals surface area contributed by atoms with Gasteiger partial charge < -0.3 is 10.4 Å². The molecular formula is C10H21NO. The molecule has 1 fully saturated rings. The predicted molar refractivity (Wildman–Crippen MR) is 51.1 cm³/mol. The molecule has 12 heavy (non-hydrogen) atoms. The van der Waals surface area contributed by atoms with E-state index in [0.29, 0.717) is 12.6 Å². The molecule has 1 aliphatic rings. The van der Waals surface area contributed by atoms with Crippen molar-refractivity contribution in [3.63, 3.8) is 0 Å². The van der Waals surface area contributed by atoms with Crippen molar-refractivity contribution in [3.05, 3.63) is 0 Å². The molecule has 0 amide bonds. The van der Waals surface area contributed by atoms with Crippen LogP contribution in [0.1, 0.15) is 33.1 Å². The van der Waals surface area contributed by atoms with Crippen LogP contribution >= 0.6 is 0 Å². The van der Waals surface area contributed by atoms with Crippen molar-refractivity contribution in [1.29, 1.82) is 0 Å². The third kappa shape index (κ3) is 3.11. The number of aliphatic hydroxyl groups excluding tert-OH is 1. The van der Waals surface area contributed by atoms with E-state index >= 15 is 0 Å². The highest BCUT2D eigenvalue weighted by molar-refractivity contribution is 4.88.